The minimum atomic E-state index is -4.18. The van der Waals surface area contributed by atoms with Crippen molar-refractivity contribution in [3.05, 3.63) is 101 Å². The summed E-state index contributed by atoms with van der Waals surface area (Å²) in [6.07, 6.45) is 4.74. The number of nitrogens with one attached hydrogen (secondary N) is 2. The molecule has 0 saturated carbocycles. The number of ketones is 1. The first kappa shape index (κ1) is 33.6. The predicted molar refractivity (Wildman–Crippen MR) is 175 cm³/mol. The van der Waals surface area contributed by atoms with Gasteiger partial charge < -0.3 is 15.4 Å². The molecule has 9 nitrogen and oxygen atoms in total. The molecule has 0 aliphatic carbocycles. The predicted octanol–water partition coefficient (Wildman–Crippen LogP) is 6.07. The Labute approximate surface area is 264 Å². The molecule has 1 unspecified atom stereocenters. The Bertz CT molecular complexity index is 1700. The summed E-state index contributed by atoms with van der Waals surface area (Å²) < 4.78 is 36.7. The second-order valence-electron chi connectivity index (χ2n) is 13.0. The zero-order valence-electron chi connectivity index (χ0n) is 26.2. The number of Topliss-reactive ketones (excluding diaryl/α,β-unsaturated/α-hetero) is 1. The van der Waals surface area contributed by atoms with Crippen molar-refractivity contribution in [2.75, 3.05) is 17.6 Å². The molecule has 0 saturated heterocycles. The van der Waals surface area contributed by atoms with Gasteiger partial charge in [-0.3, -0.25) is 18.9 Å². The Morgan fingerprint density at radius 3 is 2.31 bits per heavy atom. The normalized spacial score (nSPS) is 15.2. The smallest absolute Gasteiger partial charge is 0.266 e. The van der Waals surface area contributed by atoms with E-state index in [9.17, 15) is 22.8 Å². The van der Waals surface area contributed by atoms with Crippen molar-refractivity contribution in [3.63, 3.8) is 0 Å². The largest absolute Gasteiger partial charge is 0.487 e. The van der Waals surface area contributed by atoms with Crippen LogP contribution in [-0.2, 0) is 21.3 Å². The Balaban J connectivity index is 1.56. The molecule has 3 aromatic rings. The molecule has 3 aromatic carbocycles. The number of benzene rings is 3. The van der Waals surface area contributed by atoms with Gasteiger partial charge in [-0.1, -0.05) is 69.3 Å². The van der Waals surface area contributed by atoms with Crippen molar-refractivity contribution in [3.8, 4) is 5.75 Å². The van der Waals surface area contributed by atoms with E-state index in [4.69, 9.17) is 9.29 Å². The minimum Gasteiger partial charge on any atom is -0.487 e. The molecule has 0 spiro atoms. The molecule has 1 atom stereocenters. The summed E-state index contributed by atoms with van der Waals surface area (Å²) in [6.45, 7) is 9.86. The number of hydrogen-bond acceptors (Lipinski definition) is 6. The van der Waals surface area contributed by atoms with Crippen molar-refractivity contribution in [2.24, 2.45) is 5.41 Å². The zero-order valence-corrected chi connectivity index (χ0v) is 27.0. The zero-order chi connectivity index (χ0) is 33.0. The molecule has 1 aliphatic heterocycles. The van der Waals surface area contributed by atoms with E-state index >= 15 is 0 Å². The minimum absolute atomic E-state index is 0.0255. The molecular formula is C35H40N2O7S. The Morgan fingerprint density at radius 1 is 1.02 bits per heavy atom. The third-order valence-corrected chi connectivity index (χ3v) is 7.97. The third-order valence-electron chi connectivity index (χ3n) is 7.25. The van der Waals surface area contributed by atoms with E-state index in [1.807, 2.05) is 44.2 Å². The summed E-state index contributed by atoms with van der Waals surface area (Å²) in [7, 11) is -4.18. The number of rotatable bonds is 10. The van der Waals surface area contributed by atoms with Gasteiger partial charge in [0.15, 0.2) is 5.78 Å². The fourth-order valence-corrected chi connectivity index (χ4v) is 5.29. The fraction of sp³-hybridized carbons (Fsp3) is 0.343. The van der Waals surface area contributed by atoms with E-state index in [-0.39, 0.29) is 30.1 Å². The first-order valence-corrected chi connectivity index (χ1v) is 16.4. The molecule has 0 radical (unpaired) electrons. The molecule has 2 amide bonds. The molecule has 10 heteroatoms. The summed E-state index contributed by atoms with van der Waals surface area (Å²) in [5.41, 5.74) is 3.28. The maximum Gasteiger partial charge on any atom is 0.266 e. The number of fused-ring (bicyclic) bond motifs is 1. The molecule has 3 N–H and O–H groups in total. The Kier molecular flexibility index (Phi) is 9.99. The standard InChI is InChI=1S/C35H40N2O7S/c1-34(2,3)17-16-23-6-10-25(11-7-23)28(20-24-8-12-26(13-9-24)32(39)36-18-19-45(41,42)43)33(40)37-27-14-15-31-29(21-27)30(38)22-35(4,5)44-31/h6-17,21,28H,18-20,22H2,1-5H3,(H,36,39)(H,37,40)(H,41,42,43)/b17-16+. The van der Waals surface area contributed by atoms with Crippen LogP contribution in [0.25, 0.3) is 6.08 Å². The fourth-order valence-electron chi connectivity index (χ4n) is 4.93. The number of carbonyl (C=O) groups excluding carboxylic acids is 3. The number of amides is 2. The van der Waals surface area contributed by atoms with Crippen molar-refractivity contribution in [1.82, 2.24) is 5.32 Å². The average molecular weight is 633 g/mol. The first-order valence-electron chi connectivity index (χ1n) is 14.8. The van der Waals surface area contributed by atoms with Crippen LogP contribution >= 0.6 is 0 Å². The Morgan fingerprint density at radius 2 is 1.69 bits per heavy atom. The van der Waals surface area contributed by atoms with Gasteiger partial charge in [-0.15, -0.1) is 0 Å². The van der Waals surface area contributed by atoms with Crippen LogP contribution in [0.4, 0.5) is 5.69 Å². The summed E-state index contributed by atoms with van der Waals surface area (Å²) in [5.74, 6) is -1.47. The van der Waals surface area contributed by atoms with Crippen LogP contribution in [0.1, 0.15) is 84.4 Å². The van der Waals surface area contributed by atoms with Crippen molar-refractivity contribution in [2.45, 2.75) is 59.0 Å². The van der Waals surface area contributed by atoms with Crippen molar-refractivity contribution in [1.29, 1.82) is 0 Å². The SMILES string of the molecule is CC(C)(C)/C=C/c1ccc(C(Cc2ccc(C(=O)NCCS(=O)(=O)O)cc2)C(=O)Nc2ccc3c(c2)C(=O)CC(C)(C)O3)cc1. The van der Waals surface area contributed by atoms with Crippen LogP contribution in [0.2, 0.25) is 0 Å². The molecule has 238 valence electrons. The van der Waals surface area contributed by atoms with Crippen molar-refractivity contribution < 1.29 is 32.1 Å². The topological polar surface area (TPSA) is 139 Å². The monoisotopic (exact) mass is 632 g/mol. The second-order valence-corrected chi connectivity index (χ2v) is 14.6. The van der Waals surface area contributed by atoms with Gasteiger partial charge in [0, 0.05) is 17.8 Å². The van der Waals surface area contributed by atoms with Crippen molar-refractivity contribution >= 4 is 39.5 Å². The summed E-state index contributed by atoms with van der Waals surface area (Å²) in [5, 5.41) is 5.44. The maximum absolute atomic E-state index is 13.8. The van der Waals surface area contributed by atoms with E-state index in [0.29, 0.717) is 29.0 Å². The van der Waals surface area contributed by atoms with Crippen LogP contribution in [0.3, 0.4) is 0 Å². The Hall–Kier alpha value is -4.28. The first-order chi connectivity index (χ1) is 21.0. The third kappa shape index (κ3) is 9.86. The lowest BCUT2D eigenvalue weighted by Crippen LogP contribution is -2.35. The van der Waals surface area contributed by atoms with Gasteiger partial charge in [-0.05, 0) is 72.7 Å². The molecule has 0 fully saturated rings. The number of anilines is 1. The van der Waals surface area contributed by atoms with Gasteiger partial charge in [-0.25, -0.2) is 0 Å². The maximum atomic E-state index is 13.8. The molecule has 4 rings (SSSR count). The molecule has 45 heavy (non-hydrogen) atoms. The molecule has 0 bridgehead atoms. The average Bonchev–Trinajstić information content (AvgIpc) is 2.94. The highest BCUT2D eigenvalue weighted by molar-refractivity contribution is 7.85. The number of allylic oxidation sites excluding steroid dienone is 1. The lowest BCUT2D eigenvalue weighted by Gasteiger charge is -2.31. The number of hydrogen-bond donors (Lipinski definition) is 3. The van der Waals surface area contributed by atoms with Crippen LogP contribution in [0, 0.1) is 5.41 Å². The van der Waals surface area contributed by atoms with E-state index in [1.54, 1.807) is 42.5 Å². The van der Waals surface area contributed by atoms with E-state index in [2.05, 4.69) is 37.5 Å². The van der Waals surface area contributed by atoms with Crippen LogP contribution in [0.5, 0.6) is 5.75 Å². The van der Waals surface area contributed by atoms with Crippen LogP contribution in [-0.4, -0.2) is 48.5 Å². The summed E-state index contributed by atoms with van der Waals surface area (Å²) in [4.78, 5) is 39.0. The summed E-state index contributed by atoms with van der Waals surface area (Å²) in [6, 6.07) is 19.6. The molecule has 0 aromatic heterocycles. The summed E-state index contributed by atoms with van der Waals surface area (Å²) >= 11 is 0. The number of carbonyl (C=O) groups is 3. The lowest BCUT2D eigenvalue weighted by atomic mass is 9.89. The van der Waals surface area contributed by atoms with Gasteiger partial charge in [-0.2, -0.15) is 8.42 Å². The van der Waals surface area contributed by atoms with Gasteiger partial charge in [0.05, 0.1) is 23.7 Å². The highest BCUT2D eigenvalue weighted by Gasteiger charge is 2.33. The quantitative estimate of drug-likeness (QED) is 0.231. The van der Waals surface area contributed by atoms with E-state index in [0.717, 1.165) is 16.7 Å². The highest BCUT2D eigenvalue weighted by Crippen LogP contribution is 2.35. The number of ether oxygens (including phenoxy) is 1. The molecular weight excluding hydrogens is 592 g/mol. The van der Waals surface area contributed by atoms with Crippen LogP contribution < -0.4 is 15.4 Å². The van der Waals surface area contributed by atoms with Gasteiger partial charge >= 0.3 is 0 Å². The van der Waals surface area contributed by atoms with Gasteiger partial charge in [0.2, 0.25) is 5.91 Å². The second kappa shape index (κ2) is 13.4. The van der Waals surface area contributed by atoms with Crippen LogP contribution in [0.15, 0.2) is 72.8 Å². The lowest BCUT2D eigenvalue weighted by molar-refractivity contribution is -0.117. The van der Waals surface area contributed by atoms with E-state index in [1.165, 1.54) is 0 Å². The molecule has 1 aliphatic rings. The molecule has 1 heterocycles. The van der Waals surface area contributed by atoms with E-state index < -0.39 is 33.3 Å². The van der Waals surface area contributed by atoms with Gasteiger partial charge in [0.25, 0.3) is 16.0 Å². The highest BCUT2D eigenvalue weighted by atomic mass is 32.2. The van der Waals surface area contributed by atoms with Gasteiger partial charge in [0.1, 0.15) is 11.4 Å².